The second-order valence-corrected chi connectivity index (χ2v) is 7.14. The normalized spacial score (nSPS) is 30.7. The van der Waals surface area contributed by atoms with Crippen LogP contribution in [0.5, 0.6) is 0 Å². The first kappa shape index (κ1) is 13.6. The number of nitrogens with one attached hydrogen (secondary N) is 1. The molecule has 3 rings (SSSR count). The molecule has 1 heterocycles. The molecule has 3 nitrogen and oxygen atoms in total. The molecule has 106 valence electrons. The Morgan fingerprint density at radius 3 is 2.68 bits per heavy atom. The largest absolute Gasteiger partial charge is 0.309 e. The van der Waals surface area contributed by atoms with Crippen LogP contribution in [0.4, 0.5) is 0 Å². The first-order valence-electron chi connectivity index (χ1n) is 7.61. The van der Waals surface area contributed by atoms with Gasteiger partial charge in [-0.1, -0.05) is 13.3 Å². The number of fused-ring (bicyclic) bond motifs is 1. The molecule has 0 saturated heterocycles. The Bertz CT molecular complexity index is 444. The van der Waals surface area contributed by atoms with E-state index in [1.54, 1.807) is 0 Å². The molecule has 0 spiro atoms. The molecule has 0 amide bonds. The molecule has 1 aromatic rings. The lowest BCUT2D eigenvalue weighted by Crippen LogP contribution is -2.28. The van der Waals surface area contributed by atoms with Gasteiger partial charge in [0.1, 0.15) is 0 Å². The summed E-state index contributed by atoms with van der Waals surface area (Å²) in [5.41, 5.74) is 1.36. The highest BCUT2D eigenvalue weighted by Crippen LogP contribution is 2.62. The van der Waals surface area contributed by atoms with Gasteiger partial charge < -0.3 is 5.32 Å². The lowest BCUT2D eigenvalue weighted by Gasteiger charge is -2.23. The Morgan fingerprint density at radius 2 is 2.11 bits per heavy atom. The zero-order valence-electron chi connectivity index (χ0n) is 12.1. The van der Waals surface area contributed by atoms with Gasteiger partial charge in [-0.15, -0.1) is 0 Å². The molecule has 19 heavy (non-hydrogen) atoms. The minimum atomic E-state index is 0.418. The van der Waals surface area contributed by atoms with E-state index in [0.717, 1.165) is 28.8 Å². The number of hydrogen-bond acceptors (Lipinski definition) is 2. The summed E-state index contributed by atoms with van der Waals surface area (Å²) >= 11 is 3.71. The summed E-state index contributed by atoms with van der Waals surface area (Å²) in [5, 5.41) is 8.27. The standard InChI is InChI=1S/C15H24BrN3/c1-4-17-14(13-10-6-5-7-11(10)13)15-12(16)8-18-19(15)9(2)3/h8-11,13-14,17H,4-7H2,1-3H3. The van der Waals surface area contributed by atoms with Crippen molar-refractivity contribution in [3.63, 3.8) is 0 Å². The Hall–Kier alpha value is -0.350. The minimum Gasteiger partial charge on any atom is -0.309 e. The van der Waals surface area contributed by atoms with Gasteiger partial charge in [0.2, 0.25) is 0 Å². The van der Waals surface area contributed by atoms with Crippen LogP contribution < -0.4 is 5.32 Å². The van der Waals surface area contributed by atoms with Crippen LogP contribution in [0.3, 0.4) is 0 Å². The molecule has 0 radical (unpaired) electrons. The summed E-state index contributed by atoms with van der Waals surface area (Å²) in [6, 6.07) is 0.889. The van der Waals surface area contributed by atoms with Crippen molar-refractivity contribution in [1.29, 1.82) is 0 Å². The van der Waals surface area contributed by atoms with Crippen LogP contribution in [0, 0.1) is 17.8 Å². The monoisotopic (exact) mass is 325 g/mol. The van der Waals surface area contributed by atoms with Crippen molar-refractivity contribution in [1.82, 2.24) is 15.1 Å². The average Bonchev–Trinajstić information content (AvgIpc) is 2.76. The molecule has 0 aliphatic heterocycles. The molecule has 2 fully saturated rings. The van der Waals surface area contributed by atoms with Crippen molar-refractivity contribution in [2.24, 2.45) is 17.8 Å². The highest BCUT2D eigenvalue weighted by Gasteiger charge is 2.56. The molecule has 4 heteroatoms. The summed E-state index contributed by atoms with van der Waals surface area (Å²) in [7, 11) is 0. The highest BCUT2D eigenvalue weighted by atomic mass is 79.9. The Balaban J connectivity index is 1.90. The Labute approximate surface area is 124 Å². The van der Waals surface area contributed by atoms with Crippen LogP contribution in [0.2, 0.25) is 0 Å². The van der Waals surface area contributed by atoms with Gasteiger partial charge in [-0.3, -0.25) is 4.68 Å². The highest BCUT2D eigenvalue weighted by molar-refractivity contribution is 9.10. The van der Waals surface area contributed by atoms with Crippen molar-refractivity contribution in [3.8, 4) is 0 Å². The van der Waals surface area contributed by atoms with E-state index in [4.69, 9.17) is 0 Å². The van der Waals surface area contributed by atoms with Gasteiger partial charge in [-0.05, 0) is 66.9 Å². The fourth-order valence-corrected chi connectivity index (χ4v) is 4.58. The van der Waals surface area contributed by atoms with Gasteiger partial charge in [-0.2, -0.15) is 5.10 Å². The van der Waals surface area contributed by atoms with E-state index in [2.05, 4.69) is 51.8 Å². The van der Waals surface area contributed by atoms with E-state index in [1.165, 1.54) is 25.0 Å². The van der Waals surface area contributed by atoms with Gasteiger partial charge in [0, 0.05) is 6.04 Å². The molecule has 1 aromatic heterocycles. The molecule has 3 unspecified atom stereocenters. The Morgan fingerprint density at radius 1 is 1.42 bits per heavy atom. The van der Waals surface area contributed by atoms with Crippen molar-refractivity contribution in [2.45, 2.75) is 52.1 Å². The smallest absolute Gasteiger partial charge is 0.0701 e. The lowest BCUT2D eigenvalue weighted by atomic mass is 10.0. The number of rotatable bonds is 5. The molecular formula is C15H24BrN3. The van der Waals surface area contributed by atoms with Crippen LogP contribution in [-0.4, -0.2) is 16.3 Å². The zero-order chi connectivity index (χ0) is 13.6. The lowest BCUT2D eigenvalue weighted by molar-refractivity contribution is 0.382. The fourth-order valence-electron chi connectivity index (χ4n) is 4.06. The third-order valence-corrected chi connectivity index (χ3v) is 5.46. The number of halogens is 1. The van der Waals surface area contributed by atoms with Gasteiger partial charge in [0.15, 0.2) is 0 Å². The van der Waals surface area contributed by atoms with Crippen LogP contribution >= 0.6 is 15.9 Å². The van der Waals surface area contributed by atoms with Crippen molar-refractivity contribution in [2.75, 3.05) is 6.54 Å². The van der Waals surface area contributed by atoms with Crippen molar-refractivity contribution < 1.29 is 0 Å². The molecule has 3 atom stereocenters. The molecule has 0 bridgehead atoms. The second kappa shape index (κ2) is 5.21. The van der Waals surface area contributed by atoms with Crippen LogP contribution in [0.1, 0.15) is 57.8 Å². The zero-order valence-corrected chi connectivity index (χ0v) is 13.7. The number of hydrogen-bond donors (Lipinski definition) is 1. The third kappa shape index (κ3) is 2.27. The topological polar surface area (TPSA) is 29.9 Å². The third-order valence-electron chi connectivity index (χ3n) is 4.85. The van der Waals surface area contributed by atoms with Gasteiger partial charge in [0.25, 0.3) is 0 Å². The fraction of sp³-hybridized carbons (Fsp3) is 0.800. The number of aromatic nitrogens is 2. The van der Waals surface area contributed by atoms with Crippen molar-refractivity contribution >= 4 is 15.9 Å². The second-order valence-electron chi connectivity index (χ2n) is 6.29. The average molecular weight is 326 g/mol. The minimum absolute atomic E-state index is 0.418. The molecule has 2 aliphatic carbocycles. The van der Waals surface area contributed by atoms with E-state index < -0.39 is 0 Å². The van der Waals surface area contributed by atoms with E-state index in [0.29, 0.717) is 12.1 Å². The quantitative estimate of drug-likeness (QED) is 0.889. The summed E-state index contributed by atoms with van der Waals surface area (Å²) in [6.07, 6.45) is 6.27. The maximum atomic E-state index is 4.55. The Kier molecular flexibility index (Phi) is 3.73. The van der Waals surface area contributed by atoms with Crippen LogP contribution in [0.15, 0.2) is 10.7 Å². The predicted octanol–water partition coefficient (Wildman–Crippen LogP) is 3.92. The van der Waals surface area contributed by atoms with Gasteiger partial charge >= 0.3 is 0 Å². The van der Waals surface area contributed by atoms with Crippen LogP contribution in [0.25, 0.3) is 0 Å². The van der Waals surface area contributed by atoms with E-state index in [-0.39, 0.29) is 0 Å². The van der Waals surface area contributed by atoms with Gasteiger partial charge in [-0.25, -0.2) is 0 Å². The molecule has 2 saturated carbocycles. The van der Waals surface area contributed by atoms with Crippen molar-refractivity contribution in [3.05, 3.63) is 16.4 Å². The summed E-state index contributed by atoms with van der Waals surface area (Å²) in [6.45, 7) is 7.64. The predicted molar refractivity (Wildman–Crippen MR) is 81.1 cm³/mol. The molecule has 0 aromatic carbocycles. The summed E-state index contributed by atoms with van der Waals surface area (Å²) < 4.78 is 3.35. The van der Waals surface area contributed by atoms with E-state index in [1.807, 2.05) is 6.20 Å². The van der Waals surface area contributed by atoms with Crippen LogP contribution in [-0.2, 0) is 0 Å². The molecule has 1 N–H and O–H groups in total. The first-order chi connectivity index (χ1) is 9.15. The number of nitrogens with zero attached hydrogens (tertiary/aromatic N) is 2. The van der Waals surface area contributed by atoms with Gasteiger partial charge in [0.05, 0.1) is 22.4 Å². The molecular weight excluding hydrogens is 302 g/mol. The van der Waals surface area contributed by atoms with E-state index >= 15 is 0 Å². The SMILES string of the molecule is CCNC(c1c(Br)cnn1C(C)C)C1C2CCCC21. The first-order valence-corrected chi connectivity index (χ1v) is 8.40. The maximum Gasteiger partial charge on any atom is 0.0701 e. The summed E-state index contributed by atoms with van der Waals surface area (Å²) in [5.74, 6) is 2.76. The van der Waals surface area contributed by atoms with E-state index in [9.17, 15) is 0 Å². The summed E-state index contributed by atoms with van der Waals surface area (Å²) in [4.78, 5) is 0. The maximum absolute atomic E-state index is 4.55. The molecule has 2 aliphatic rings.